The second-order valence-corrected chi connectivity index (χ2v) is 6.15. The molecule has 1 aliphatic rings. The molecule has 0 atom stereocenters. The van der Waals surface area contributed by atoms with Gasteiger partial charge >= 0.3 is 0 Å². The number of fused-ring (bicyclic) bond motifs is 1. The van der Waals surface area contributed by atoms with Crippen LogP contribution in [0.1, 0.15) is 31.4 Å². The van der Waals surface area contributed by atoms with Crippen LogP contribution in [-0.4, -0.2) is 38.6 Å². The van der Waals surface area contributed by atoms with Crippen LogP contribution in [-0.2, 0) is 6.54 Å². The van der Waals surface area contributed by atoms with E-state index in [1.807, 2.05) is 5.38 Å². The van der Waals surface area contributed by atoms with Crippen LogP contribution in [0.2, 0.25) is 0 Å². The molecule has 5 nitrogen and oxygen atoms in total. The molecule has 2 aromatic heterocycles. The van der Waals surface area contributed by atoms with Gasteiger partial charge in [-0.1, -0.05) is 0 Å². The standard InChI is InChI=1S/C14H19N3O2S/c18-7-2-1-5-16(12-3-4-12)10-11-9-13(19)17-6-8-20-14(17)15-11/h6,8-9,12,18H,1-5,7,10H2. The Balaban J connectivity index is 1.74. The lowest BCUT2D eigenvalue weighted by Gasteiger charge is -2.21. The fourth-order valence-corrected chi connectivity index (χ4v) is 3.17. The molecule has 0 radical (unpaired) electrons. The summed E-state index contributed by atoms with van der Waals surface area (Å²) in [6.07, 6.45) is 6.06. The lowest BCUT2D eigenvalue weighted by Crippen LogP contribution is -2.28. The minimum absolute atomic E-state index is 0.00245. The molecule has 1 fully saturated rings. The van der Waals surface area contributed by atoms with Gasteiger partial charge in [0.05, 0.1) is 5.69 Å². The van der Waals surface area contributed by atoms with Crippen LogP contribution in [0.3, 0.4) is 0 Å². The smallest absolute Gasteiger partial charge is 0.258 e. The lowest BCUT2D eigenvalue weighted by molar-refractivity contribution is 0.227. The summed E-state index contributed by atoms with van der Waals surface area (Å²) in [6.45, 7) is 1.95. The molecule has 0 saturated heterocycles. The van der Waals surface area contributed by atoms with Gasteiger partial charge in [0.2, 0.25) is 0 Å². The maximum atomic E-state index is 12.0. The van der Waals surface area contributed by atoms with E-state index in [-0.39, 0.29) is 12.2 Å². The number of rotatable bonds is 7. The highest BCUT2D eigenvalue weighted by atomic mass is 32.1. The van der Waals surface area contributed by atoms with E-state index in [4.69, 9.17) is 5.11 Å². The summed E-state index contributed by atoms with van der Waals surface area (Å²) in [4.78, 5) is 19.7. The monoisotopic (exact) mass is 293 g/mol. The number of aliphatic hydroxyl groups excluding tert-OH is 1. The van der Waals surface area contributed by atoms with Crippen molar-refractivity contribution in [3.05, 3.63) is 33.7 Å². The van der Waals surface area contributed by atoms with Gasteiger partial charge in [0.1, 0.15) is 0 Å². The molecule has 20 heavy (non-hydrogen) atoms. The van der Waals surface area contributed by atoms with E-state index in [0.29, 0.717) is 6.04 Å². The van der Waals surface area contributed by atoms with E-state index in [1.54, 1.807) is 16.7 Å². The fraction of sp³-hybridized carbons (Fsp3) is 0.571. The number of unbranched alkanes of at least 4 members (excludes halogenated alkanes) is 1. The number of hydrogen-bond acceptors (Lipinski definition) is 5. The van der Waals surface area contributed by atoms with Crippen LogP contribution < -0.4 is 5.56 Å². The minimum Gasteiger partial charge on any atom is -0.396 e. The Kier molecular flexibility index (Phi) is 4.14. The van der Waals surface area contributed by atoms with Crippen molar-refractivity contribution in [1.82, 2.24) is 14.3 Å². The van der Waals surface area contributed by atoms with Crippen LogP contribution in [0.4, 0.5) is 0 Å². The first-order valence-electron chi connectivity index (χ1n) is 7.08. The third-order valence-corrected chi connectivity index (χ3v) is 4.39. The molecule has 1 aliphatic carbocycles. The Bertz CT molecular complexity index is 633. The van der Waals surface area contributed by atoms with Gasteiger partial charge in [0, 0.05) is 36.8 Å². The molecular formula is C14H19N3O2S. The van der Waals surface area contributed by atoms with E-state index in [2.05, 4.69) is 9.88 Å². The first kappa shape index (κ1) is 13.7. The normalized spacial score (nSPS) is 15.3. The third-order valence-electron chi connectivity index (χ3n) is 3.64. The molecule has 0 aromatic carbocycles. The van der Waals surface area contributed by atoms with Gasteiger partial charge in [-0.15, -0.1) is 11.3 Å². The van der Waals surface area contributed by atoms with Crippen molar-refractivity contribution in [2.24, 2.45) is 0 Å². The van der Waals surface area contributed by atoms with Crippen molar-refractivity contribution in [3.8, 4) is 0 Å². The summed E-state index contributed by atoms with van der Waals surface area (Å²) in [7, 11) is 0. The fourth-order valence-electron chi connectivity index (χ4n) is 2.43. The maximum absolute atomic E-state index is 12.0. The van der Waals surface area contributed by atoms with Crippen molar-refractivity contribution < 1.29 is 5.11 Å². The summed E-state index contributed by atoms with van der Waals surface area (Å²) in [5.41, 5.74) is 0.853. The number of nitrogens with zero attached hydrogens (tertiary/aromatic N) is 3. The molecule has 2 heterocycles. The predicted octanol–water partition coefficient (Wildman–Crippen LogP) is 1.49. The summed E-state index contributed by atoms with van der Waals surface area (Å²) in [5.74, 6) is 0. The van der Waals surface area contributed by atoms with E-state index in [9.17, 15) is 4.79 Å². The van der Waals surface area contributed by atoms with E-state index >= 15 is 0 Å². The summed E-state index contributed by atoms with van der Waals surface area (Å²) < 4.78 is 1.58. The Hall–Kier alpha value is -1.24. The average molecular weight is 293 g/mol. The SMILES string of the molecule is O=c1cc(CN(CCCCO)C2CC2)nc2sccn12. The Labute approximate surface area is 121 Å². The van der Waals surface area contributed by atoms with Gasteiger partial charge < -0.3 is 5.11 Å². The highest BCUT2D eigenvalue weighted by Gasteiger charge is 2.28. The quantitative estimate of drug-likeness (QED) is 0.786. The molecule has 0 aliphatic heterocycles. The number of aliphatic hydroxyl groups is 1. The van der Waals surface area contributed by atoms with Crippen molar-refractivity contribution in [3.63, 3.8) is 0 Å². The van der Waals surface area contributed by atoms with Crippen LogP contribution >= 0.6 is 11.3 Å². The molecular weight excluding hydrogens is 274 g/mol. The van der Waals surface area contributed by atoms with Gasteiger partial charge in [0.15, 0.2) is 4.96 Å². The highest BCUT2D eigenvalue weighted by molar-refractivity contribution is 7.15. The Morgan fingerprint density at radius 3 is 3.05 bits per heavy atom. The molecule has 108 valence electrons. The van der Waals surface area contributed by atoms with Crippen molar-refractivity contribution in [1.29, 1.82) is 0 Å². The number of hydrogen-bond donors (Lipinski definition) is 1. The van der Waals surface area contributed by atoms with Crippen LogP contribution in [0.15, 0.2) is 22.4 Å². The zero-order valence-electron chi connectivity index (χ0n) is 11.4. The number of thiazole rings is 1. The second kappa shape index (κ2) is 6.03. The van der Waals surface area contributed by atoms with Crippen LogP contribution in [0.5, 0.6) is 0 Å². The van der Waals surface area contributed by atoms with Crippen molar-refractivity contribution in [2.75, 3.05) is 13.2 Å². The second-order valence-electron chi connectivity index (χ2n) is 5.27. The molecule has 1 saturated carbocycles. The molecule has 6 heteroatoms. The topological polar surface area (TPSA) is 57.8 Å². The first-order chi connectivity index (χ1) is 9.78. The molecule has 0 bridgehead atoms. The van der Waals surface area contributed by atoms with E-state index in [1.165, 1.54) is 24.2 Å². The molecule has 3 rings (SSSR count). The molecule has 0 spiro atoms. The Morgan fingerprint density at radius 1 is 1.45 bits per heavy atom. The van der Waals surface area contributed by atoms with Crippen molar-refractivity contribution in [2.45, 2.75) is 38.3 Å². The lowest BCUT2D eigenvalue weighted by atomic mass is 10.2. The van der Waals surface area contributed by atoms with Crippen LogP contribution in [0.25, 0.3) is 4.96 Å². The van der Waals surface area contributed by atoms with E-state index in [0.717, 1.165) is 36.6 Å². The summed E-state index contributed by atoms with van der Waals surface area (Å²) in [5, 5.41) is 10.8. The summed E-state index contributed by atoms with van der Waals surface area (Å²) in [6, 6.07) is 2.28. The average Bonchev–Trinajstić information content (AvgIpc) is 3.16. The van der Waals surface area contributed by atoms with Crippen molar-refractivity contribution >= 4 is 16.3 Å². The molecule has 2 aromatic rings. The third kappa shape index (κ3) is 3.08. The largest absolute Gasteiger partial charge is 0.396 e. The van der Waals surface area contributed by atoms with Gasteiger partial charge in [-0.3, -0.25) is 14.1 Å². The van der Waals surface area contributed by atoms with Gasteiger partial charge in [-0.2, -0.15) is 0 Å². The maximum Gasteiger partial charge on any atom is 0.258 e. The molecule has 0 amide bonds. The van der Waals surface area contributed by atoms with Gasteiger partial charge in [-0.05, 0) is 32.2 Å². The molecule has 1 N–H and O–H groups in total. The zero-order valence-corrected chi connectivity index (χ0v) is 12.2. The van der Waals surface area contributed by atoms with Gasteiger partial charge in [0.25, 0.3) is 5.56 Å². The minimum atomic E-state index is -0.00245. The summed E-state index contributed by atoms with van der Waals surface area (Å²) >= 11 is 1.49. The Morgan fingerprint density at radius 2 is 2.30 bits per heavy atom. The zero-order chi connectivity index (χ0) is 13.9. The highest BCUT2D eigenvalue weighted by Crippen LogP contribution is 2.28. The predicted molar refractivity (Wildman–Crippen MR) is 79.1 cm³/mol. The molecule has 0 unspecified atom stereocenters. The number of aromatic nitrogens is 2. The first-order valence-corrected chi connectivity index (χ1v) is 7.96. The van der Waals surface area contributed by atoms with E-state index < -0.39 is 0 Å². The van der Waals surface area contributed by atoms with Gasteiger partial charge in [-0.25, -0.2) is 4.98 Å². The van der Waals surface area contributed by atoms with Crippen LogP contribution in [0, 0.1) is 0 Å².